The van der Waals surface area contributed by atoms with Crippen LogP contribution >= 0.6 is 0 Å². The van der Waals surface area contributed by atoms with Gasteiger partial charge in [0.2, 0.25) is 0 Å². The van der Waals surface area contributed by atoms with E-state index in [1.165, 1.54) is 12.1 Å². The normalized spacial score (nSPS) is 9.92. The minimum absolute atomic E-state index is 1.12. The van der Waals surface area contributed by atoms with Crippen LogP contribution in [0.1, 0.15) is 13.3 Å². The number of anilines is 1. The lowest BCUT2D eigenvalue weighted by Crippen LogP contribution is -2.29. The van der Waals surface area contributed by atoms with Gasteiger partial charge in [-0.15, -0.1) is 0 Å². The maximum Gasteiger partial charge on any atom is 0.192 e. The van der Waals surface area contributed by atoms with Crippen LogP contribution in [0.2, 0.25) is 0 Å². The highest BCUT2D eigenvalue weighted by atomic mass is 15.1. The molecule has 2 nitrogen and oxygen atoms in total. The van der Waals surface area contributed by atoms with Gasteiger partial charge in [0.05, 0.1) is 0 Å². The molecule has 0 radical (unpaired) electrons. The van der Waals surface area contributed by atoms with E-state index in [2.05, 4.69) is 41.8 Å². The summed E-state index contributed by atoms with van der Waals surface area (Å²) in [7, 11) is 4.17. The number of hydrogen-bond donors (Lipinski definition) is 0. The van der Waals surface area contributed by atoms with E-state index in [0.29, 0.717) is 0 Å². The molecule has 0 aromatic carbocycles. The molecule has 66 valence electrons. The van der Waals surface area contributed by atoms with Crippen molar-refractivity contribution < 1.29 is 4.57 Å². The molecule has 1 heterocycles. The van der Waals surface area contributed by atoms with Crippen LogP contribution in [0.25, 0.3) is 0 Å². The van der Waals surface area contributed by atoms with Crippen LogP contribution in [0.4, 0.5) is 5.69 Å². The number of aryl methyl sites for hydroxylation is 1. The Balaban J connectivity index is 2.73. The average molecular weight is 165 g/mol. The summed E-state index contributed by atoms with van der Waals surface area (Å²) < 4.78 is 2.07. The lowest BCUT2D eigenvalue weighted by atomic mass is 10.3. The molecule has 0 amide bonds. The number of hydrogen-bond acceptors (Lipinski definition) is 1. The molecular formula is C10H17N2+. The van der Waals surface area contributed by atoms with Gasteiger partial charge in [0.1, 0.15) is 12.7 Å². The third kappa shape index (κ3) is 2.22. The van der Waals surface area contributed by atoms with Crippen LogP contribution in [-0.2, 0) is 7.05 Å². The first-order chi connectivity index (χ1) is 5.74. The second kappa shape index (κ2) is 4.10. The third-order valence-electron chi connectivity index (χ3n) is 1.92. The van der Waals surface area contributed by atoms with Crippen molar-refractivity contribution in [3.63, 3.8) is 0 Å². The molecule has 1 aromatic heterocycles. The molecule has 0 spiro atoms. The van der Waals surface area contributed by atoms with Crippen LogP contribution in [-0.4, -0.2) is 13.6 Å². The number of pyridine rings is 1. The van der Waals surface area contributed by atoms with Crippen molar-refractivity contribution in [1.82, 2.24) is 0 Å². The van der Waals surface area contributed by atoms with Gasteiger partial charge in [0, 0.05) is 19.7 Å². The highest BCUT2D eigenvalue weighted by molar-refractivity contribution is 5.40. The maximum absolute atomic E-state index is 2.26. The van der Waals surface area contributed by atoms with Crippen molar-refractivity contribution >= 4 is 5.69 Å². The minimum atomic E-state index is 1.12. The molecule has 1 aromatic rings. The monoisotopic (exact) mass is 165 g/mol. The van der Waals surface area contributed by atoms with E-state index < -0.39 is 0 Å². The number of nitrogens with zero attached hydrogens (tertiary/aromatic N) is 2. The molecule has 0 unspecified atom stereocenters. The van der Waals surface area contributed by atoms with Gasteiger partial charge in [0.25, 0.3) is 0 Å². The average Bonchev–Trinajstić information content (AvgIpc) is 2.05. The van der Waals surface area contributed by atoms with Crippen LogP contribution in [0, 0.1) is 0 Å². The molecule has 12 heavy (non-hydrogen) atoms. The fourth-order valence-electron chi connectivity index (χ4n) is 1.26. The Morgan fingerprint density at radius 3 is 2.83 bits per heavy atom. The SMILES string of the molecule is CCCN(C)c1ccc[n+](C)c1. The molecule has 0 aliphatic heterocycles. The van der Waals surface area contributed by atoms with E-state index >= 15 is 0 Å². The molecule has 0 bridgehead atoms. The lowest BCUT2D eigenvalue weighted by Gasteiger charge is -2.15. The molecule has 1 rings (SSSR count). The Morgan fingerprint density at radius 1 is 1.50 bits per heavy atom. The molecule has 0 aliphatic rings. The van der Waals surface area contributed by atoms with Gasteiger partial charge in [-0.3, -0.25) is 0 Å². The van der Waals surface area contributed by atoms with E-state index in [1.807, 2.05) is 13.2 Å². The smallest absolute Gasteiger partial charge is 0.192 e. The summed E-state index contributed by atoms with van der Waals surface area (Å²) in [5.74, 6) is 0. The second-order valence-corrected chi connectivity index (χ2v) is 3.15. The zero-order chi connectivity index (χ0) is 8.97. The largest absolute Gasteiger partial charge is 0.370 e. The summed E-state index contributed by atoms with van der Waals surface area (Å²) >= 11 is 0. The highest BCUT2D eigenvalue weighted by Crippen LogP contribution is 2.07. The van der Waals surface area contributed by atoms with Crippen molar-refractivity contribution in [2.75, 3.05) is 18.5 Å². The van der Waals surface area contributed by atoms with Gasteiger partial charge in [-0.05, 0) is 12.5 Å². The summed E-state index contributed by atoms with van der Waals surface area (Å²) in [6.07, 6.45) is 5.37. The van der Waals surface area contributed by atoms with Gasteiger partial charge in [0.15, 0.2) is 12.4 Å². The van der Waals surface area contributed by atoms with Crippen molar-refractivity contribution in [3.05, 3.63) is 24.5 Å². The van der Waals surface area contributed by atoms with Crippen LogP contribution in [0.15, 0.2) is 24.5 Å². The first-order valence-electron chi connectivity index (χ1n) is 4.40. The Bertz CT molecular complexity index is 245. The summed E-state index contributed by atoms with van der Waals surface area (Å²) in [6, 6.07) is 4.21. The van der Waals surface area contributed by atoms with E-state index in [0.717, 1.165) is 6.54 Å². The van der Waals surface area contributed by atoms with Gasteiger partial charge in [-0.2, -0.15) is 0 Å². The van der Waals surface area contributed by atoms with E-state index in [9.17, 15) is 0 Å². The van der Waals surface area contributed by atoms with Crippen LogP contribution in [0.5, 0.6) is 0 Å². The fraction of sp³-hybridized carbons (Fsp3) is 0.500. The minimum Gasteiger partial charge on any atom is -0.370 e. The Hall–Kier alpha value is -1.05. The fourth-order valence-corrected chi connectivity index (χ4v) is 1.26. The highest BCUT2D eigenvalue weighted by Gasteiger charge is 2.01. The van der Waals surface area contributed by atoms with Crippen molar-refractivity contribution in [2.45, 2.75) is 13.3 Å². The molecule has 0 atom stereocenters. The summed E-state index contributed by atoms with van der Waals surface area (Å²) in [5, 5.41) is 0. The van der Waals surface area contributed by atoms with Crippen LogP contribution in [0.3, 0.4) is 0 Å². The zero-order valence-electron chi connectivity index (χ0n) is 8.12. The van der Waals surface area contributed by atoms with E-state index in [-0.39, 0.29) is 0 Å². The summed E-state index contributed by atoms with van der Waals surface area (Å²) in [4.78, 5) is 2.26. The Kier molecular flexibility index (Phi) is 3.09. The topological polar surface area (TPSA) is 7.12 Å². The van der Waals surface area contributed by atoms with Crippen molar-refractivity contribution in [3.8, 4) is 0 Å². The Labute approximate surface area is 74.4 Å². The van der Waals surface area contributed by atoms with Gasteiger partial charge < -0.3 is 4.90 Å². The quantitative estimate of drug-likeness (QED) is 0.613. The first kappa shape index (κ1) is 9.04. The zero-order valence-corrected chi connectivity index (χ0v) is 8.12. The van der Waals surface area contributed by atoms with Crippen LogP contribution < -0.4 is 9.47 Å². The lowest BCUT2D eigenvalue weighted by molar-refractivity contribution is -0.670. The summed E-state index contributed by atoms with van der Waals surface area (Å²) in [5.41, 5.74) is 1.28. The third-order valence-corrected chi connectivity index (χ3v) is 1.92. The molecule has 0 N–H and O–H groups in total. The van der Waals surface area contributed by atoms with Gasteiger partial charge in [-0.25, -0.2) is 4.57 Å². The number of aromatic nitrogens is 1. The second-order valence-electron chi connectivity index (χ2n) is 3.15. The van der Waals surface area contributed by atoms with Gasteiger partial charge >= 0.3 is 0 Å². The molecular weight excluding hydrogens is 148 g/mol. The predicted octanol–water partition coefficient (Wildman–Crippen LogP) is 1.36. The standard InChI is InChI=1S/C10H17N2/c1-4-7-12(3)10-6-5-8-11(2)9-10/h5-6,8-9H,4,7H2,1-3H3/q+1. The maximum atomic E-state index is 2.26. The van der Waals surface area contributed by atoms with Crippen molar-refractivity contribution in [2.24, 2.45) is 7.05 Å². The van der Waals surface area contributed by atoms with E-state index in [1.54, 1.807) is 0 Å². The number of rotatable bonds is 3. The molecule has 0 aliphatic carbocycles. The predicted molar refractivity (Wildman–Crippen MR) is 51.2 cm³/mol. The van der Waals surface area contributed by atoms with Gasteiger partial charge in [-0.1, -0.05) is 6.92 Å². The molecule has 0 saturated carbocycles. The molecule has 2 heteroatoms. The molecule has 0 saturated heterocycles. The Morgan fingerprint density at radius 2 is 2.25 bits per heavy atom. The first-order valence-corrected chi connectivity index (χ1v) is 4.40. The molecule has 0 fully saturated rings. The van der Waals surface area contributed by atoms with Crippen molar-refractivity contribution in [1.29, 1.82) is 0 Å². The van der Waals surface area contributed by atoms with E-state index in [4.69, 9.17) is 0 Å². The summed E-state index contributed by atoms with van der Waals surface area (Å²) in [6.45, 7) is 3.31.